The maximum Gasteiger partial charge on any atom is 0.160 e. The van der Waals surface area contributed by atoms with Crippen LogP contribution in [0.4, 0.5) is 5.82 Å². The molecule has 1 N–H and O–H groups in total. The van der Waals surface area contributed by atoms with E-state index < -0.39 is 5.41 Å². The van der Waals surface area contributed by atoms with E-state index in [2.05, 4.69) is 39.6 Å². The Hall–Kier alpha value is -3.68. The Balaban J connectivity index is 1.52. The van der Waals surface area contributed by atoms with Gasteiger partial charge in [-0.3, -0.25) is 4.40 Å². The number of benzene rings is 1. The number of methoxy groups -OCH3 is 2. The second-order valence-corrected chi connectivity index (χ2v) is 7.41. The van der Waals surface area contributed by atoms with Crippen molar-refractivity contribution in [2.75, 3.05) is 19.5 Å². The normalized spacial score (nSPS) is 11.5. The molecular formula is C22H24N6O2. The van der Waals surface area contributed by atoms with Crippen LogP contribution in [0.5, 0.6) is 11.5 Å². The number of nitrogens with zero attached hydrogens (tertiary/aromatic N) is 5. The lowest BCUT2D eigenvalue weighted by molar-refractivity contribution is 0.391. The van der Waals surface area contributed by atoms with Crippen molar-refractivity contribution in [3.05, 3.63) is 71.8 Å². The van der Waals surface area contributed by atoms with E-state index in [1.54, 1.807) is 14.2 Å². The Morgan fingerprint density at radius 3 is 2.53 bits per heavy atom. The van der Waals surface area contributed by atoms with E-state index in [0.717, 1.165) is 34.2 Å². The van der Waals surface area contributed by atoms with E-state index >= 15 is 0 Å². The number of nitrogens with one attached hydrogen (secondary N) is 1. The predicted molar refractivity (Wildman–Crippen MR) is 114 cm³/mol. The third kappa shape index (κ3) is 3.63. The molecule has 0 aliphatic heterocycles. The molecule has 4 rings (SSSR count). The van der Waals surface area contributed by atoms with Crippen molar-refractivity contribution in [3.63, 3.8) is 0 Å². The van der Waals surface area contributed by atoms with Crippen LogP contribution < -0.4 is 14.8 Å². The van der Waals surface area contributed by atoms with Crippen LogP contribution in [-0.4, -0.2) is 39.0 Å². The Bertz CT molecular complexity index is 1150. The molecule has 0 atom stereocenters. The summed E-state index contributed by atoms with van der Waals surface area (Å²) in [6, 6.07) is 15.4. The molecule has 8 heteroatoms. The summed E-state index contributed by atoms with van der Waals surface area (Å²) < 4.78 is 12.7. The van der Waals surface area contributed by atoms with Crippen molar-refractivity contribution < 1.29 is 9.47 Å². The van der Waals surface area contributed by atoms with Gasteiger partial charge in [-0.1, -0.05) is 6.07 Å². The van der Waals surface area contributed by atoms with Crippen LogP contribution >= 0.6 is 0 Å². The summed E-state index contributed by atoms with van der Waals surface area (Å²) in [7, 11) is 3.27. The summed E-state index contributed by atoms with van der Waals surface area (Å²) in [5, 5.41) is 20.7. The van der Waals surface area contributed by atoms with Crippen molar-refractivity contribution >= 4 is 11.5 Å². The quantitative estimate of drug-likeness (QED) is 0.505. The third-order valence-electron chi connectivity index (χ3n) is 5.13. The second-order valence-electron chi connectivity index (χ2n) is 7.41. The fraction of sp³-hybridized carbons (Fsp3) is 0.273. The predicted octanol–water partition coefficient (Wildman–Crippen LogP) is 3.47. The molecule has 8 nitrogen and oxygen atoms in total. The highest BCUT2D eigenvalue weighted by Gasteiger charge is 2.30. The van der Waals surface area contributed by atoms with Crippen LogP contribution in [0.1, 0.15) is 30.9 Å². The molecule has 0 aliphatic carbocycles. The molecule has 0 fully saturated rings. The van der Waals surface area contributed by atoms with Gasteiger partial charge in [0.25, 0.3) is 0 Å². The van der Waals surface area contributed by atoms with Crippen molar-refractivity contribution in [2.45, 2.75) is 25.8 Å². The monoisotopic (exact) mass is 404 g/mol. The van der Waals surface area contributed by atoms with Gasteiger partial charge in [-0.05, 0) is 50.2 Å². The molecule has 0 saturated carbocycles. The van der Waals surface area contributed by atoms with Gasteiger partial charge in [0.2, 0.25) is 0 Å². The van der Waals surface area contributed by atoms with Gasteiger partial charge >= 0.3 is 0 Å². The zero-order valence-corrected chi connectivity index (χ0v) is 17.5. The summed E-state index contributed by atoms with van der Waals surface area (Å²) in [5.74, 6) is 3.00. The average Bonchev–Trinajstić information content (AvgIpc) is 3.23. The molecule has 3 aromatic heterocycles. The Kier molecular flexibility index (Phi) is 5.22. The summed E-state index contributed by atoms with van der Waals surface area (Å²) in [5.41, 5.74) is 2.17. The number of fused-ring (bicyclic) bond motifs is 1. The molecule has 3 heterocycles. The lowest BCUT2D eigenvalue weighted by atomic mass is 9.88. The van der Waals surface area contributed by atoms with Gasteiger partial charge < -0.3 is 14.8 Å². The number of aromatic nitrogens is 5. The van der Waals surface area contributed by atoms with Crippen LogP contribution in [0.15, 0.2) is 54.7 Å². The van der Waals surface area contributed by atoms with Crippen molar-refractivity contribution in [1.29, 1.82) is 0 Å². The number of hydrogen-bond donors (Lipinski definition) is 1. The Morgan fingerprint density at radius 2 is 1.80 bits per heavy atom. The van der Waals surface area contributed by atoms with Gasteiger partial charge in [-0.2, -0.15) is 5.10 Å². The SMILES string of the molecule is COc1ccc(CNc2ccc(C(C)(C)c3nnc4ccccn34)nn2)c(OC)c1. The van der Waals surface area contributed by atoms with Gasteiger partial charge in [0, 0.05) is 24.4 Å². The Labute approximate surface area is 174 Å². The van der Waals surface area contributed by atoms with E-state index in [4.69, 9.17) is 9.47 Å². The van der Waals surface area contributed by atoms with Crippen LogP contribution in [0.3, 0.4) is 0 Å². The third-order valence-corrected chi connectivity index (χ3v) is 5.13. The van der Waals surface area contributed by atoms with Crippen molar-refractivity contribution in [1.82, 2.24) is 24.8 Å². The summed E-state index contributed by atoms with van der Waals surface area (Å²) >= 11 is 0. The topological polar surface area (TPSA) is 86.5 Å². The van der Waals surface area contributed by atoms with Gasteiger partial charge in [-0.15, -0.1) is 15.3 Å². The minimum absolute atomic E-state index is 0.453. The molecular weight excluding hydrogens is 380 g/mol. The summed E-state index contributed by atoms with van der Waals surface area (Å²) in [4.78, 5) is 0. The highest BCUT2D eigenvalue weighted by Crippen LogP contribution is 2.29. The highest BCUT2D eigenvalue weighted by atomic mass is 16.5. The van der Waals surface area contributed by atoms with E-state index in [0.29, 0.717) is 12.4 Å². The fourth-order valence-corrected chi connectivity index (χ4v) is 3.33. The summed E-state index contributed by atoms with van der Waals surface area (Å²) in [6.07, 6.45) is 1.96. The smallest absolute Gasteiger partial charge is 0.160 e. The molecule has 154 valence electrons. The van der Waals surface area contributed by atoms with E-state index in [1.165, 1.54) is 0 Å². The first-order valence-corrected chi connectivity index (χ1v) is 9.62. The number of pyridine rings is 1. The molecule has 0 amide bonds. The fourth-order valence-electron chi connectivity index (χ4n) is 3.33. The molecule has 0 aliphatic rings. The largest absolute Gasteiger partial charge is 0.497 e. The van der Waals surface area contributed by atoms with Crippen molar-refractivity contribution in [3.8, 4) is 11.5 Å². The molecule has 0 unspecified atom stereocenters. The number of rotatable bonds is 7. The second kappa shape index (κ2) is 7.98. The minimum Gasteiger partial charge on any atom is -0.497 e. The standard InChI is InChI=1S/C22H24N6O2/c1-22(2,21-27-26-20-7-5-6-12-28(20)21)18-10-11-19(25-24-18)23-14-15-8-9-16(29-3)13-17(15)30-4/h5-13H,14H2,1-4H3,(H,23,25). The molecule has 0 bridgehead atoms. The van der Waals surface area contributed by atoms with Crippen LogP contribution in [0.25, 0.3) is 5.65 Å². The van der Waals surface area contributed by atoms with Gasteiger partial charge in [-0.25, -0.2) is 0 Å². The van der Waals surface area contributed by atoms with Crippen molar-refractivity contribution in [2.24, 2.45) is 0 Å². The summed E-state index contributed by atoms with van der Waals surface area (Å²) in [6.45, 7) is 4.69. The lowest BCUT2D eigenvalue weighted by Crippen LogP contribution is -2.24. The number of ether oxygens (including phenoxy) is 2. The first-order valence-electron chi connectivity index (χ1n) is 9.62. The number of hydrogen-bond acceptors (Lipinski definition) is 7. The van der Waals surface area contributed by atoms with Gasteiger partial charge in [0.05, 0.1) is 25.3 Å². The molecule has 1 aromatic carbocycles. The lowest BCUT2D eigenvalue weighted by Gasteiger charge is -2.21. The molecule has 0 spiro atoms. The van der Waals surface area contributed by atoms with Gasteiger partial charge in [0.1, 0.15) is 23.1 Å². The average molecular weight is 404 g/mol. The minimum atomic E-state index is -0.453. The first kappa shape index (κ1) is 19.6. The zero-order chi connectivity index (χ0) is 21.1. The Morgan fingerprint density at radius 1 is 0.933 bits per heavy atom. The van der Waals surface area contributed by atoms with Crippen LogP contribution in [-0.2, 0) is 12.0 Å². The molecule has 0 radical (unpaired) electrons. The first-order chi connectivity index (χ1) is 14.5. The molecule has 30 heavy (non-hydrogen) atoms. The van der Waals surface area contributed by atoms with Crippen LogP contribution in [0.2, 0.25) is 0 Å². The van der Waals surface area contributed by atoms with E-state index in [9.17, 15) is 0 Å². The van der Waals surface area contributed by atoms with E-state index in [-0.39, 0.29) is 0 Å². The van der Waals surface area contributed by atoms with E-state index in [1.807, 2.05) is 59.1 Å². The number of anilines is 1. The van der Waals surface area contributed by atoms with Gasteiger partial charge in [0.15, 0.2) is 5.65 Å². The zero-order valence-electron chi connectivity index (χ0n) is 17.5. The molecule has 4 aromatic rings. The molecule has 0 saturated heterocycles. The highest BCUT2D eigenvalue weighted by molar-refractivity contribution is 5.44. The maximum absolute atomic E-state index is 5.45. The maximum atomic E-state index is 5.45. The van der Waals surface area contributed by atoms with Crippen LogP contribution in [0, 0.1) is 0 Å².